The summed E-state index contributed by atoms with van der Waals surface area (Å²) >= 11 is 0. The summed E-state index contributed by atoms with van der Waals surface area (Å²) in [6.07, 6.45) is 11.4. The van der Waals surface area contributed by atoms with Crippen molar-refractivity contribution in [1.29, 1.82) is 0 Å². The number of alkyl halides is 2. The van der Waals surface area contributed by atoms with Crippen LogP contribution in [0.5, 0.6) is 0 Å². The van der Waals surface area contributed by atoms with Gasteiger partial charge in [0.05, 0.1) is 13.0 Å². The minimum atomic E-state index is -3.50. The summed E-state index contributed by atoms with van der Waals surface area (Å²) in [5, 5.41) is 0. The van der Waals surface area contributed by atoms with Crippen molar-refractivity contribution in [2.24, 2.45) is 46.3 Å². The Morgan fingerprint density at radius 3 is 2.17 bits per heavy atom. The molecule has 5 unspecified atom stereocenters. The lowest BCUT2D eigenvalue weighted by Crippen LogP contribution is -2.58. The lowest BCUT2D eigenvalue weighted by Gasteiger charge is -2.61. The van der Waals surface area contributed by atoms with Gasteiger partial charge in [0.25, 0.3) is 0 Å². The molecule has 196 valence electrons. The van der Waals surface area contributed by atoms with Crippen LogP contribution in [0.4, 0.5) is 8.78 Å². The molecule has 35 heavy (non-hydrogen) atoms. The Kier molecular flexibility index (Phi) is 5.60. The monoisotopic (exact) mass is 494 g/mol. The van der Waals surface area contributed by atoms with E-state index in [9.17, 15) is 18.4 Å². The van der Waals surface area contributed by atoms with E-state index < -0.39 is 17.5 Å². The van der Waals surface area contributed by atoms with Crippen molar-refractivity contribution in [1.82, 2.24) is 0 Å². The molecule has 8 bridgehead atoms. The molecule has 8 aliphatic rings. The van der Waals surface area contributed by atoms with E-state index in [0.29, 0.717) is 50.5 Å². The molecule has 8 rings (SSSR count). The fourth-order valence-electron chi connectivity index (χ4n) is 10.4. The molecule has 5 nitrogen and oxygen atoms in total. The molecular weight excluding hydrogens is 454 g/mol. The number of carbonyl (C=O) groups excluding carboxylic acids is 2. The Morgan fingerprint density at radius 2 is 1.54 bits per heavy atom. The molecular formula is C28H40F2O5. The quantitative estimate of drug-likeness (QED) is 0.239. The summed E-state index contributed by atoms with van der Waals surface area (Å²) in [6.45, 7) is 3.64. The van der Waals surface area contributed by atoms with Crippen LogP contribution in [0.1, 0.15) is 90.9 Å². The number of esters is 2. The molecule has 0 saturated heterocycles. The van der Waals surface area contributed by atoms with Crippen molar-refractivity contribution < 1.29 is 32.6 Å². The van der Waals surface area contributed by atoms with Crippen LogP contribution in [0, 0.1) is 46.3 Å². The van der Waals surface area contributed by atoms with Crippen molar-refractivity contribution in [3.8, 4) is 0 Å². The predicted molar refractivity (Wildman–Crippen MR) is 123 cm³/mol. The molecule has 0 radical (unpaired) electrons. The van der Waals surface area contributed by atoms with Crippen LogP contribution in [0.3, 0.4) is 0 Å². The molecule has 0 aromatic carbocycles. The topological polar surface area (TPSA) is 61.8 Å². The highest BCUT2D eigenvalue weighted by Crippen LogP contribution is 2.65. The van der Waals surface area contributed by atoms with Gasteiger partial charge in [-0.05, 0) is 117 Å². The number of halogens is 2. The molecule has 0 heterocycles. The van der Waals surface area contributed by atoms with Crippen molar-refractivity contribution in [3.05, 3.63) is 0 Å². The number of carbonyl (C=O) groups is 2. The molecule has 0 aromatic heterocycles. The average Bonchev–Trinajstić information content (AvgIpc) is 2.72. The van der Waals surface area contributed by atoms with E-state index in [1.54, 1.807) is 0 Å². The standard InChI is InChI=1S/C28H40F2O5/c1-17-22-5-18-3-19(6-22)10-27(17,9-18)15-33-16-34-23(31)13-26-7-20-4-21(8-26)12-28(11-20,14-26)35-24(32)25(2,29)30/h17-22H,3-16H2,1-2H3. The lowest BCUT2D eigenvalue weighted by molar-refractivity contribution is -0.221. The van der Waals surface area contributed by atoms with Gasteiger partial charge in [0, 0.05) is 6.92 Å². The van der Waals surface area contributed by atoms with Gasteiger partial charge in [0.2, 0.25) is 0 Å². The van der Waals surface area contributed by atoms with Gasteiger partial charge in [-0.2, -0.15) is 8.78 Å². The fourth-order valence-corrected chi connectivity index (χ4v) is 10.4. The van der Waals surface area contributed by atoms with Gasteiger partial charge in [0.15, 0.2) is 6.79 Å². The number of hydrogen-bond donors (Lipinski definition) is 0. The van der Waals surface area contributed by atoms with Crippen LogP contribution >= 0.6 is 0 Å². The van der Waals surface area contributed by atoms with Crippen molar-refractivity contribution >= 4 is 11.9 Å². The molecule has 8 aliphatic carbocycles. The summed E-state index contributed by atoms with van der Waals surface area (Å²) in [5.74, 6) is -1.39. The first-order valence-corrected chi connectivity index (χ1v) is 13.8. The predicted octanol–water partition coefficient (Wildman–Crippen LogP) is 5.89. The van der Waals surface area contributed by atoms with E-state index >= 15 is 0 Å². The third-order valence-corrected chi connectivity index (χ3v) is 11.0. The smallest absolute Gasteiger partial charge is 0.377 e. The van der Waals surface area contributed by atoms with Crippen molar-refractivity contribution in [2.45, 2.75) is 102 Å². The SMILES string of the molecule is CC1C2CC3CC(C2)CC1(COCOC(=O)CC12CC4CC(C1)CC(OC(=O)C(C)(F)F)(C4)C2)C3. The summed E-state index contributed by atoms with van der Waals surface area (Å²) in [7, 11) is 0. The van der Waals surface area contributed by atoms with E-state index in [-0.39, 0.29) is 30.0 Å². The van der Waals surface area contributed by atoms with E-state index in [1.165, 1.54) is 32.1 Å². The van der Waals surface area contributed by atoms with Gasteiger partial charge in [-0.3, -0.25) is 4.79 Å². The summed E-state index contributed by atoms with van der Waals surface area (Å²) in [5.41, 5.74) is -0.927. The van der Waals surface area contributed by atoms with Crippen LogP contribution in [0.25, 0.3) is 0 Å². The van der Waals surface area contributed by atoms with Gasteiger partial charge in [-0.15, -0.1) is 0 Å². The van der Waals surface area contributed by atoms with E-state index in [4.69, 9.17) is 14.2 Å². The van der Waals surface area contributed by atoms with Gasteiger partial charge in [-0.1, -0.05) is 6.92 Å². The van der Waals surface area contributed by atoms with Crippen LogP contribution in [-0.2, 0) is 23.8 Å². The maximum absolute atomic E-state index is 13.6. The molecule has 0 N–H and O–H groups in total. The third kappa shape index (κ3) is 4.31. The summed E-state index contributed by atoms with van der Waals surface area (Å²) < 4.78 is 44.2. The maximum Gasteiger partial charge on any atom is 0.377 e. The number of rotatable bonds is 8. The summed E-state index contributed by atoms with van der Waals surface area (Å²) in [4.78, 5) is 24.9. The van der Waals surface area contributed by atoms with E-state index in [0.717, 1.165) is 37.0 Å². The number of ether oxygens (including phenoxy) is 3. The highest BCUT2D eigenvalue weighted by atomic mass is 19.3. The second kappa shape index (κ2) is 8.13. The normalized spacial score (nSPS) is 47.2. The molecule has 5 atom stereocenters. The Bertz CT molecular complexity index is 853. The minimum Gasteiger partial charge on any atom is -0.455 e. The van der Waals surface area contributed by atoms with Crippen LogP contribution in [-0.4, -0.2) is 36.9 Å². The van der Waals surface area contributed by atoms with Gasteiger partial charge >= 0.3 is 17.9 Å². The molecule has 8 saturated carbocycles. The third-order valence-electron chi connectivity index (χ3n) is 11.0. The zero-order valence-electron chi connectivity index (χ0n) is 21.2. The Balaban J connectivity index is 1.03. The molecule has 7 heteroatoms. The number of hydrogen-bond acceptors (Lipinski definition) is 5. The van der Waals surface area contributed by atoms with Crippen LogP contribution in [0.2, 0.25) is 0 Å². The Labute approximate surface area is 207 Å². The molecule has 0 aromatic rings. The molecule has 0 amide bonds. The minimum absolute atomic E-state index is 0.0154. The first-order chi connectivity index (χ1) is 16.5. The van der Waals surface area contributed by atoms with Gasteiger partial charge < -0.3 is 14.2 Å². The molecule has 8 fully saturated rings. The Hall–Kier alpha value is -1.24. The zero-order valence-corrected chi connectivity index (χ0v) is 21.2. The lowest BCUT2D eigenvalue weighted by atomic mass is 9.46. The summed E-state index contributed by atoms with van der Waals surface area (Å²) in [6, 6.07) is 0. The maximum atomic E-state index is 13.6. The Morgan fingerprint density at radius 1 is 0.914 bits per heavy atom. The first kappa shape index (κ1) is 24.1. The second-order valence-electron chi connectivity index (χ2n) is 13.8. The highest BCUT2D eigenvalue weighted by molar-refractivity contribution is 5.77. The molecule has 0 aliphatic heterocycles. The van der Waals surface area contributed by atoms with Gasteiger partial charge in [-0.25, -0.2) is 4.79 Å². The average molecular weight is 495 g/mol. The van der Waals surface area contributed by atoms with Crippen molar-refractivity contribution in [2.75, 3.05) is 13.4 Å². The zero-order chi connectivity index (χ0) is 24.6. The molecule has 0 spiro atoms. The van der Waals surface area contributed by atoms with Crippen LogP contribution < -0.4 is 0 Å². The van der Waals surface area contributed by atoms with Crippen LogP contribution in [0.15, 0.2) is 0 Å². The van der Waals surface area contributed by atoms with Gasteiger partial charge in [0.1, 0.15) is 5.60 Å². The largest absolute Gasteiger partial charge is 0.455 e. The van der Waals surface area contributed by atoms with Crippen molar-refractivity contribution in [3.63, 3.8) is 0 Å². The highest BCUT2D eigenvalue weighted by Gasteiger charge is 2.61. The fraction of sp³-hybridized carbons (Fsp3) is 0.929. The van der Waals surface area contributed by atoms with E-state index in [2.05, 4.69) is 6.92 Å². The second-order valence-corrected chi connectivity index (χ2v) is 13.8. The first-order valence-electron chi connectivity index (χ1n) is 13.8. The van der Waals surface area contributed by atoms with E-state index in [1.807, 2.05) is 0 Å².